The van der Waals surface area contributed by atoms with Crippen molar-refractivity contribution < 1.29 is 9.15 Å². The topological polar surface area (TPSA) is 112 Å². The maximum atomic E-state index is 5.64. The number of hydrogen-bond donors (Lipinski definition) is 3. The minimum atomic E-state index is 0.0721. The van der Waals surface area contributed by atoms with Crippen molar-refractivity contribution in [1.29, 1.82) is 0 Å². The molecule has 8 heteroatoms. The second-order valence-electron chi connectivity index (χ2n) is 4.55. The molecule has 0 unspecified atom stereocenters. The normalized spacial score (nSPS) is 11.4. The number of hydrogen-bond acceptors (Lipinski definition) is 7. The Bertz CT molecular complexity index is 732. The van der Waals surface area contributed by atoms with E-state index in [2.05, 4.69) is 15.6 Å². The number of pyridine rings is 1. The molecule has 0 saturated carbocycles. The van der Waals surface area contributed by atoms with Gasteiger partial charge in [-0.2, -0.15) is 0 Å². The third-order valence-corrected chi connectivity index (χ3v) is 3.85. The minimum Gasteiger partial charge on any atom is -0.469 e. The number of amidine groups is 1. The van der Waals surface area contributed by atoms with Crippen LogP contribution in [0.1, 0.15) is 0 Å². The number of hydrazine groups is 1. The maximum Gasteiger partial charge on any atom is 0.214 e. The smallest absolute Gasteiger partial charge is 0.214 e. The summed E-state index contributed by atoms with van der Waals surface area (Å²) in [7, 11) is 0. The van der Waals surface area contributed by atoms with E-state index in [0.29, 0.717) is 5.88 Å². The Kier molecular flexibility index (Phi) is 4.55. The van der Waals surface area contributed by atoms with Crippen LogP contribution < -0.4 is 21.8 Å². The first-order valence-corrected chi connectivity index (χ1v) is 7.64. The molecule has 0 amide bonds. The fraction of sp³-hybridized carbons (Fsp3) is 0.0667. The molecule has 5 N–H and O–H groups in total. The molecule has 0 bridgehead atoms. The molecule has 3 heterocycles. The largest absolute Gasteiger partial charge is 0.469 e. The Balaban J connectivity index is 1.93. The fourth-order valence-corrected chi connectivity index (χ4v) is 2.66. The Hall–Kier alpha value is -2.84. The highest BCUT2D eigenvalue weighted by Gasteiger charge is 2.10. The highest BCUT2D eigenvalue weighted by atomic mass is 32.1. The fourth-order valence-electron chi connectivity index (χ4n) is 1.98. The number of hydrazone groups is 1. The predicted octanol–water partition coefficient (Wildman–Crippen LogP) is 2.18. The van der Waals surface area contributed by atoms with Crippen LogP contribution in [0.5, 0.6) is 5.88 Å². The van der Waals surface area contributed by atoms with E-state index in [9.17, 15) is 0 Å². The zero-order valence-corrected chi connectivity index (χ0v) is 12.9. The van der Waals surface area contributed by atoms with Crippen LogP contribution in [0.2, 0.25) is 0 Å². The van der Waals surface area contributed by atoms with Crippen molar-refractivity contribution >= 4 is 17.2 Å². The standard InChI is InChI=1S/C15H15N5O2S/c16-14(19-20-17)9-22-15-8-10(12-3-1-5-21-12)7-11(18-15)13-4-2-6-23-13/h1-8,20H,9,17H2,(H2,16,19). The van der Waals surface area contributed by atoms with Gasteiger partial charge in [0.05, 0.1) is 16.8 Å². The number of nitrogens with zero attached hydrogens (tertiary/aromatic N) is 2. The summed E-state index contributed by atoms with van der Waals surface area (Å²) in [4.78, 5) is 5.54. The molecule has 3 rings (SSSR count). The third-order valence-electron chi connectivity index (χ3n) is 2.96. The van der Waals surface area contributed by atoms with Gasteiger partial charge in [-0.3, -0.25) is 0 Å². The van der Waals surface area contributed by atoms with E-state index in [4.69, 9.17) is 20.7 Å². The number of furan rings is 1. The Morgan fingerprint density at radius 1 is 1.35 bits per heavy atom. The number of ether oxygens (including phenoxy) is 1. The zero-order valence-electron chi connectivity index (χ0n) is 12.1. The molecule has 3 aromatic heterocycles. The Morgan fingerprint density at radius 2 is 2.26 bits per heavy atom. The molecule has 0 aromatic carbocycles. The third kappa shape index (κ3) is 3.68. The van der Waals surface area contributed by atoms with Gasteiger partial charge < -0.3 is 14.9 Å². The van der Waals surface area contributed by atoms with Crippen LogP contribution in [-0.4, -0.2) is 17.4 Å². The van der Waals surface area contributed by atoms with Crippen molar-refractivity contribution in [2.45, 2.75) is 0 Å². The summed E-state index contributed by atoms with van der Waals surface area (Å²) in [5.74, 6) is 6.46. The van der Waals surface area contributed by atoms with E-state index in [-0.39, 0.29) is 12.4 Å². The molecule has 0 fully saturated rings. The van der Waals surface area contributed by atoms with Crippen LogP contribution in [0.3, 0.4) is 0 Å². The Morgan fingerprint density at radius 3 is 2.96 bits per heavy atom. The van der Waals surface area contributed by atoms with Gasteiger partial charge in [-0.25, -0.2) is 16.4 Å². The summed E-state index contributed by atoms with van der Waals surface area (Å²) >= 11 is 1.60. The van der Waals surface area contributed by atoms with Crippen LogP contribution in [-0.2, 0) is 0 Å². The lowest BCUT2D eigenvalue weighted by molar-refractivity contribution is 0.360. The number of rotatable bonds is 6. The van der Waals surface area contributed by atoms with E-state index in [1.165, 1.54) is 0 Å². The van der Waals surface area contributed by atoms with Gasteiger partial charge in [0.1, 0.15) is 12.4 Å². The molecular formula is C15H15N5O2S. The Labute approximate surface area is 136 Å². The van der Waals surface area contributed by atoms with E-state index < -0.39 is 0 Å². The van der Waals surface area contributed by atoms with Crippen molar-refractivity contribution in [3.63, 3.8) is 0 Å². The molecule has 0 spiro atoms. The summed E-state index contributed by atoms with van der Waals surface area (Å²) in [5, 5.41) is 5.63. The van der Waals surface area contributed by atoms with Crippen LogP contribution in [0.15, 0.2) is 57.6 Å². The van der Waals surface area contributed by atoms with E-state index in [1.807, 2.05) is 35.7 Å². The lowest BCUT2D eigenvalue weighted by Crippen LogP contribution is -2.27. The molecule has 0 aliphatic carbocycles. The van der Waals surface area contributed by atoms with Gasteiger partial charge >= 0.3 is 0 Å². The number of nitrogens with one attached hydrogen (secondary N) is 1. The lowest BCUT2D eigenvalue weighted by Gasteiger charge is -2.08. The molecule has 0 aliphatic heterocycles. The van der Waals surface area contributed by atoms with Crippen molar-refractivity contribution in [3.8, 4) is 27.8 Å². The van der Waals surface area contributed by atoms with Crippen molar-refractivity contribution in [1.82, 2.24) is 10.5 Å². The molecule has 0 saturated heterocycles. The lowest BCUT2D eigenvalue weighted by atomic mass is 10.1. The second kappa shape index (κ2) is 6.95. The van der Waals surface area contributed by atoms with Gasteiger partial charge in [-0.1, -0.05) is 6.07 Å². The maximum absolute atomic E-state index is 5.64. The average molecular weight is 329 g/mol. The highest BCUT2D eigenvalue weighted by molar-refractivity contribution is 7.13. The predicted molar refractivity (Wildman–Crippen MR) is 89.7 cm³/mol. The molecule has 0 atom stereocenters. The van der Waals surface area contributed by atoms with Gasteiger partial charge in [0, 0.05) is 11.6 Å². The molecule has 0 aliphatic rings. The monoisotopic (exact) mass is 329 g/mol. The summed E-state index contributed by atoms with van der Waals surface area (Å²) in [5.41, 5.74) is 9.43. The molecule has 118 valence electrons. The molecule has 23 heavy (non-hydrogen) atoms. The van der Waals surface area contributed by atoms with Crippen LogP contribution in [0.4, 0.5) is 0 Å². The average Bonchev–Trinajstić information content (AvgIpc) is 3.26. The molecule has 7 nitrogen and oxygen atoms in total. The SMILES string of the molecule is NN/N=C(\N)COc1cc(-c2ccco2)cc(-c2cccs2)n1. The summed E-state index contributed by atoms with van der Waals surface area (Å²) < 4.78 is 11.1. The highest BCUT2D eigenvalue weighted by Crippen LogP contribution is 2.31. The van der Waals surface area contributed by atoms with Crippen LogP contribution in [0, 0.1) is 0 Å². The van der Waals surface area contributed by atoms with Gasteiger partial charge in [-0.05, 0) is 29.6 Å². The molecular weight excluding hydrogens is 314 g/mol. The summed E-state index contributed by atoms with van der Waals surface area (Å²) in [6, 6.07) is 11.4. The quantitative estimate of drug-likeness (QED) is 0.277. The van der Waals surface area contributed by atoms with Gasteiger partial charge in [0.25, 0.3) is 0 Å². The van der Waals surface area contributed by atoms with Crippen molar-refractivity contribution in [3.05, 3.63) is 48.0 Å². The van der Waals surface area contributed by atoms with Crippen molar-refractivity contribution in [2.24, 2.45) is 16.7 Å². The number of nitrogens with two attached hydrogens (primary N) is 2. The minimum absolute atomic E-state index is 0.0721. The van der Waals surface area contributed by atoms with E-state index in [1.54, 1.807) is 23.7 Å². The van der Waals surface area contributed by atoms with Gasteiger partial charge in [0.2, 0.25) is 5.88 Å². The van der Waals surface area contributed by atoms with E-state index in [0.717, 1.165) is 21.9 Å². The number of aromatic nitrogens is 1. The summed E-state index contributed by atoms with van der Waals surface area (Å²) in [6.45, 7) is 0.0721. The van der Waals surface area contributed by atoms with Gasteiger partial charge in [0.15, 0.2) is 5.84 Å². The van der Waals surface area contributed by atoms with Crippen molar-refractivity contribution in [2.75, 3.05) is 6.61 Å². The molecule has 0 radical (unpaired) electrons. The first kappa shape index (κ1) is 15.1. The zero-order chi connectivity index (χ0) is 16.1. The first-order chi connectivity index (χ1) is 11.3. The summed E-state index contributed by atoms with van der Waals surface area (Å²) in [6.07, 6.45) is 1.62. The molecule has 3 aromatic rings. The number of thiophene rings is 1. The van der Waals surface area contributed by atoms with Crippen LogP contribution >= 0.6 is 11.3 Å². The van der Waals surface area contributed by atoms with Gasteiger partial charge in [-0.15, -0.1) is 16.4 Å². The van der Waals surface area contributed by atoms with E-state index >= 15 is 0 Å². The van der Waals surface area contributed by atoms with Crippen LogP contribution in [0.25, 0.3) is 21.9 Å². The first-order valence-electron chi connectivity index (χ1n) is 6.76. The second-order valence-corrected chi connectivity index (χ2v) is 5.50.